The van der Waals surface area contributed by atoms with Crippen LogP contribution in [0.3, 0.4) is 0 Å². The summed E-state index contributed by atoms with van der Waals surface area (Å²) in [7, 11) is 0. The Bertz CT molecular complexity index is 237. The van der Waals surface area contributed by atoms with Crippen LogP contribution in [0.4, 0.5) is 4.39 Å². The minimum Gasteiger partial charge on any atom is -0.480 e. The van der Waals surface area contributed by atoms with Crippen molar-refractivity contribution in [1.82, 2.24) is 4.90 Å². The number of hydrogen-bond donors (Lipinski definition) is 2. The van der Waals surface area contributed by atoms with Gasteiger partial charge in [-0.3, -0.25) is 14.1 Å². The first-order chi connectivity index (χ1) is 7.60. The van der Waals surface area contributed by atoms with Gasteiger partial charge in [0.15, 0.2) is 0 Å². The summed E-state index contributed by atoms with van der Waals surface area (Å²) >= 11 is 0. The molecule has 0 aromatic heterocycles. The van der Waals surface area contributed by atoms with Crippen LogP contribution >= 0.6 is 0 Å². The summed E-state index contributed by atoms with van der Waals surface area (Å²) < 4.78 is 12.3. The van der Waals surface area contributed by atoms with Gasteiger partial charge in [0.05, 0.1) is 12.8 Å². The second-order valence-electron chi connectivity index (χ2n) is 4.35. The number of alkyl halides is 1. The van der Waals surface area contributed by atoms with Crippen molar-refractivity contribution < 1.29 is 19.4 Å². The molecule has 0 spiro atoms. The molecule has 1 aliphatic rings. The van der Waals surface area contributed by atoms with Gasteiger partial charge in [0.1, 0.15) is 6.04 Å². The predicted molar refractivity (Wildman–Crippen MR) is 58.0 cm³/mol. The zero-order valence-electron chi connectivity index (χ0n) is 9.60. The number of halogens is 1. The fourth-order valence-corrected chi connectivity index (χ4v) is 2.34. The highest BCUT2D eigenvalue weighted by atomic mass is 19.1. The van der Waals surface area contributed by atoms with E-state index in [1.165, 1.54) is 0 Å². The summed E-state index contributed by atoms with van der Waals surface area (Å²) in [6, 6.07) is -0.505. The number of rotatable bonds is 5. The molecule has 94 valence electrons. The number of carboxylic acid groups (broad SMARTS) is 1. The standard InChI is InChI=1S/C11H20FNO3/c1-2-9(11(15)16)13-6-4-10(14)8(7-13)3-5-12/h8-10,14H,2-7H2,1H3,(H,15,16)/t8-,9+,10+/m0/s1. The van der Waals surface area contributed by atoms with Crippen LogP contribution in [0.5, 0.6) is 0 Å². The zero-order valence-corrected chi connectivity index (χ0v) is 9.60. The second-order valence-corrected chi connectivity index (χ2v) is 4.35. The third-order valence-electron chi connectivity index (χ3n) is 3.32. The maximum absolute atomic E-state index is 12.3. The Kier molecular flexibility index (Phi) is 5.15. The number of piperidine rings is 1. The molecule has 1 aliphatic heterocycles. The third-order valence-corrected chi connectivity index (χ3v) is 3.32. The minimum absolute atomic E-state index is 0.132. The average molecular weight is 233 g/mol. The van der Waals surface area contributed by atoms with Gasteiger partial charge in [-0.25, -0.2) is 0 Å². The van der Waals surface area contributed by atoms with E-state index in [1.54, 1.807) is 0 Å². The summed E-state index contributed by atoms with van der Waals surface area (Å²) in [6.45, 7) is 2.43. The van der Waals surface area contributed by atoms with Crippen LogP contribution in [0.2, 0.25) is 0 Å². The molecule has 1 rings (SSSR count). The highest BCUT2D eigenvalue weighted by Crippen LogP contribution is 2.23. The van der Waals surface area contributed by atoms with Crippen LogP contribution in [0.15, 0.2) is 0 Å². The number of aliphatic hydroxyl groups is 1. The maximum Gasteiger partial charge on any atom is 0.320 e. The Morgan fingerprint density at radius 1 is 1.62 bits per heavy atom. The lowest BCUT2D eigenvalue weighted by Crippen LogP contribution is -2.50. The summed E-state index contributed by atoms with van der Waals surface area (Å²) in [5, 5.41) is 18.7. The van der Waals surface area contributed by atoms with Crippen molar-refractivity contribution in [2.75, 3.05) is 19.8 Å². The van der Waals surface area contributed by atoms with E-state index in [1.807, 2.05) is 11.8 Å². The number of carbonyl (C=O) groups is 1. The van der Waals surface area contributed by atoms with Crippen molar-refractivity contribution in [3.8, 4) is 0 Å². The summed E-state index contributed by atoms with van der Waals surface area (Å²) in [5.74, 6) is -0.968. The van der Waals surface area contributed by atoms with Gasteiger partial charge in [0, 0.05) is 19.0 Å². The van der Waals surface area contributed by atoms with E-state index in [9.17, 15) is 14.3 Å². The van der Waals surface area contributed by atoms with E-state index in [0.717, 1.165) is 0 Å². The predicted octanol–water partition coefficient (Wildman–Crippen LogP) is 0.892. The molecule has 1 saturated heterocycles. The fourth-order valence-electron chi connectivity index (χ4n) is 2.34. The van der Waals surface area contributed by atoms with E-state index >= 15 is 0 Å². The van der Waals surface area contributed by atoms with E-state index in [4.69, 9.17) is 5.11 Å². The van der Waals surface area contributed by atoms with Crippen molar-refractivity contribution in [3.05, 3.63) is 0 Å². The fraction of sp³-hybridized carbons (Fsp3) is 0.909. The van der Waals surface area contributed by atoms with Gasteiger partial charge >= 0.3 is 5.97 Å². The summed E-state index contributed by atoms with van der Waals surface area (Å²) in [6.07, 6.45) is 0.897. The Balaban J connectivity index is 2.59. The molecule has 2 N–H and O–H groups in total. The molecule has 0 amide bonds. The molecule has 1 heterocycles. The average Bonchev–Trinajstić information content (AvgIpc) is 2.23. The largest absolute Gasteiger partial charge is 0.480 e. The first kappa shape index (κ1) is 13.4. The van der Waals surface area contributed by atoms with Gasteiger partial charge in [0.2, 0.25) is 0 Å². The van der Waals surface area contributed by atoms with Gasteiger partial charge in [-0.15, -0.1) is 0 Å². The van der Waals surface area contributed by atoms with Crippen LogP contribution in [0.25, 0.3) is 0 Å². The summed E-state index contributed by atoms with van der Waals surface area (Å²) in [4.78, 5) is 12.8. The van der Waals surface area contributed by atoms with Crippen molar-refractivity contribution in [2.24, 2.45) is 5.92 Å². The molecule has 4 nitrogen and oxygen atoms in total. The minimum atomic E-state index is -0.835. The number of nitrogens with zero attached hydrogens (tertiary/aromatic N) is 1. The molecule has 16 heavy (non-hydrogen) atoms. The van der Waals surface area contributed by atoms with Crippen LogP contribution in [0.1, 0.15) is 26.2 Å². The first-order valence-electron chi connectivity index (χ1n) is 5.81. The number of hydrogen-bond acceptors (Lipinski definition) is 3. The summed E-state index contributed by atoms with van der Waals surface area (Å²) in [5.41, 5.74) is 0. The van der Waals surface area contributed by atoms with Gasteiger partial charge in [0.25, 0.3) is 0 Å². The lowest BCUT2D eigenvalue weighted by atomic mass is 9.91. The first-order valence-corrected chi connectivity index (χ1v) is 5.81. The quantitative estimate of drug-likeness (QED) is 0.740. The van der Waals surface area contributed by atoms with Crippen molar-refractivity contribution >= 4 is 5.97 Å². The molecular formula is C11H20FNO3. The smallest absolute Gasteiger partial charge is 0.320 e. The molecule has 3 atom stereocenters. The van der Waals surface area contributed by atoms with Gasteiger partial charge in [-0.05, 0) is 19.3 Å². The van der Waals surface area contributed by atoms with Gasteiger partial charge < -0.3 is 10.2 Å². The van der Waals surface area contributed by atoms with Crippen molar-refractivity contribution in [2.45, 2.75) is 38.3 Å². The normalized spacial score (nSPS) is 28.9. The topological polar surface area (TPSA) is 60.8 Å². The third kappa shape index (κ3) is 3.15. The molecule has 1 fully saturated rings. The van der Waals surface area contributed by atoms with Gasteiger partial charge in [-0.2, -0.15) is 0 Å². The maximum atomic E-state index is 12.3. The van der Waals surface area contributed by atoms with E-state index < -0.39 is 24.8 Å². The highest BCUT2D eigenvalue weighted by Gasteiger charge is 2.33. The lowest BCUT2D eigenvalue weighted by molar-refractivity contribution is -0.145. The van der Waals surface area contributed by atoms with E-state index in [2.05, 4.69) is 0 Å². The number of aliphatic carboxylic acids is 1. The SMILES string of the molecule is CC[C@H](C(=O)O)N1CC[C@@H](O)[C@@H](CCF)C1. The molecule has 0 aliphatic carbocycles. The Hall–Kier alpha value is -0.680. The molecule has 0 aromatic rings. The Labute approximate surface area is 95.1 Å². The van der Waals surface area contributed by atoms with Crippen molar-refractivity contribution in [3.63, 3.8) is 0 Å². The molecule has 0 saturated carbocycles. The van der Waals surface area contributed by atoms with Gasteiger partial charge in [-0.1, -0.05) is 6.92 Å². The van der Waals surface area contributed by atoms with Crippen LogP contribution in [0, 0.1) is 5.92 Å². The second kappa shape index (κ2) is 6.15. The molecule has 0 aromatic carbocycles. The van der Waals surface area contributed by atoms with E-state index in [0.29, 0.717) is 32.4 Å². The Morgan fingerprint density at radius 2 is 2.31 bits per heavy atom. The molecular weight excluding hydrogens is 213 g/mol. The number of carboxylic acids is 1. The van der Waals surface area contributed by atoms with Crippen molar-refractivity contribution in [1.29, 1.82) is 0 Å². The zero-order chi connectivity index (χ0) is 12.1. The lowest BCUT2D eigenvalue weighted by Gasteiger charge is -2.38. The molecule has 0 bridgehead atoms. The molecule has 0 unspecified atom stereocenters. The Morgan fingerprint density at radius 3 is 2.81 bits per heavy atom. The number of likely N-dealkylation sites (tertiary alicyclic amines) is 1. The van der Waals surface area contributed by atoms with Crippen LogP contribution < -0.4 is 0 Å². The monoisotopic (exact) mass is 233 g/mol. The van der Waals surface area contributed by atoms with E-state index in [-0.39, 0.29) is 5.92 Å². The molecule has 0 radical (unpaired) electrons. The van der Waals surface area contributed by atoms with Crippen LogP contribution in [-0.2, 0) is 4.79 Å². The number of aliphatic hydroxyl groups excluding tert-OH is 1. The molecule has 5 heteroatoms. The highest BCUT2D eigenvalue weighted by molar-refractivity contribution is 5.73. The van der Waals surface area contributed by atoms with Crippen LogP contribution in [-0.4, -0.2) is 53.0 Å².